The molecule has 3 aromatic rings. The van der Waals surface area contributed by atoms with E-state index in [0.717, 1.165) is 47.7 Å². The van der Waals surface area contributed by atoms with Crippen LogP contribution in [0.4, 0.5) is 28.7 Å². The molecule has 33 heavy (non-hydrogen) atoms. The van der Waals surface area contributed by atoms with E-state index in [2.05, 4.69) is 58.6 Å². The second kappa shape index (κ2) is 8.39. The van der Waals surface area contributed by atoms with Crippen LogP contribution in [0.1, 0.15) is 32.8 Å². The number of carbonyl (C=O) groups is 1. The first-order valence-electron chi connectivity index (χ1n) is 11.6. The zero-order chi connectivity index (χ0) is 23.1. The summed E-state index contributed by atoms with van der Waals surface area (Å²) in [6, 6.07) is 14.3. The molecule has 5 rings (SSSR count). The van der Waals surface area contributed by atoms with Crippen molar-refractivity contribution < 1.29 is 4.79 Å². The van der Waals surface area contributed by atoms with Crippen molar-refractivity contribution in [1.82, 2.24) is 9.97 Å². The molecule has 0 radical (unpaired) electrons. The molecule has 2 aliphatic rings. The highest BCUT2D eigenvalue weighted by molar-refractivity contribution is 6.05. The Balaban J connectivity index is 1.48. The van der Waals surface area contributed by atoms with Gasteiger partial charge in [-0.25, -0.2) is 9.97 Å². The summed E-state index contributed by atoms with van der Waals surface area (Å²) in [4.78, 5) is 25.9. The molecule has 3 heterocycles. The molecule has 0 fully saturated rings. The van der Waals surface area contributed by atoms with Crippen molar-refractivity contribution in [3.05, 3.63) is 54.2 Å². The van der Waals surface area contributed by atoms with E-state index >= 15 is 0 Å². The first kappa shape index (κ1) is 21.2. The topological polar surface area (TPSA) is 73.4 Å². The summed E-state index contributed by atoms with van der Waals surface area (Å²) in [6.45, 7) is 7.20. The summed E-state index contributed by atoms with van der Waals surface area (Å²) >= 11 is 0. The van der Waals surface area contributed by atoms with Crippen LogP contribution >= 0.6 is 0 Å². The van der Waals surface area contributed by atoms with Crippen molar-refractivity contribution in [2.75, 3.05) is 34.0 Å². The standard InChI is InChI=1S/C26H30N6O/c1-16(2)32-17(3)25(33)31(4)23-11-10-18(15-24(23)32)29-26-28-14-12-22(30-26)20-7-5-9-21-19(20)8-6-13-27-21/h5,7,9-12,14-17,27H,6,8,13H2,1-4H3,(H,28,29,30). The molecular weight excluding hydrogens is 412 g/mol. The van der Waals surface area contributed by atoms with Crippen LogP contribution in [-0.2, 0) is 11.2 Å². The molecule has 2 aliphatic heterocycles. The normalized spacial score (nSPS) is 17.5. The van der Waals surface area contributed by atoms with E-state index in [1.807, 2.05) is 32.2 Å². The van der Waals surface area contributed by atoms with Crippen molar-refractivity contribution in [3.63, 3.8) is 0 Å². The fourth-order valence-electron chi connectivity index (χ4n) is 4.99. The summed E-state index contributed by atoms with van der Waals surface area (Å²) in [5.74, 6) is 0.659. The van der Waals surface area contributed by atoms with Crippen molar-refractivity contribution in [2.45, 2.75) is 45.7 Å². The van der Waals surface area contributed by atoms with Gasteiger partial charge in [0.25, 0.3) is 0 Å². The molecule has 0 bridgehead atoms. The van der Waals surface area contributed by atoms with Gasteiger partial charge in [-0.1, -0.05) is 12.1 Å². The average Bonchev–Trinajstić information content (AvgIpc) is 2.82. The molecule has 0 saturated carbocycles. The number of nitrogens with zero attached hydrogens (tertiary/aromatic N) is 4. The lowest BCUT2D eigenvalue weighted by atomic mass is 9.96. The maximum absolute atomic E-state index is 12.7. The van der Waals surface area contributed by atoms with Crippen LogP contribution in [0.15, 0.2) is 48.7 Å². The molecule has 1 atom stereocenters. The van der Waals surface area contributed by atoms with Crippen molar-refractivity contribution in [2.24, 2.45) is 0 Å². The van der Waals surface area contributed by atoms with Crippen LogP contribution in [0.3, 0.4) is 0 Å². The third kappa shape index (κ3) is 3.77. The number of rotatable bonds is 4. The van der Waals surface area contributed by atoms with Crippen LogP contribution in [-0.4, -0.2) is 41.6 Å². The van der Waals surface area contributed by atoms with Crippen molar-refractivity contribution in [3.8, 4) is 11.3 Å². The van der Waals surface area contributed by atoms with Gasteiger partial charge in [-0.2, -0.15) is 0 Å². The second-order valence-electron chi connectivity index (χ2n) is 9.03. The summed E-state index contributed by atoms with van der Waals surface area (Å²) in [6.07, 6.45) is 3.97. The first-order chi connectivity index (χ1) is 15.9. The Morgan fingerprint density at radius 3 is 2.82 bits per heavy atom. The van der Waals surface area contributed by atoms with E-state index in [1.165, 1.54) is 11.3 Å². The number of anilines is 5. The summed E-state index contributed by atoms with van der Waals surface area (Å²) in [5, 5.41) is 6.86. The van der Waals surface area contributed by atoms with Crippen LogP contribution in [0.5, 0.6) is 0 Å². The number of aromatic nitrogens is 2. The Hall–Kier alpha value is -3.61. The highest BCUT2D eigenvalue weighted by Gasteiger charge is 2.35. The first-order valence-corrected chi connectivity index (χ1v) is 11.6. The average molecular weight is 443 g/mol. The molecule has 2 N–H and O–H groups in total. The lowest BCUT2D eigenvalue weighted by molar-refractivity contribution is -0.119. The van der Waals surface area contributed by atoms with Crippen LogP contribution in [0, 0.1) is 0 Å². The zero-order valence-corrected chi connectivity index (χ0v) is 19.6. The Kier molecular flexibility index (Phi) is 5.40. The molecule has 7 nitrogen and oxygen atoms in total. The number of carbonyl (C=O) groups excluding carboxylic acids is 1. The van der Waals surface area contributed by atoms with Crippen LogP contribution in [0.2, 0.25) is 0 Å². The monoisotopic (exact) mass is 442 g/mol. The van der Waals surface area contributed by atoms with Crippen molar-refractivity contribution >= 4 is 34.6 Å². The fraction of sp³-hybridized carbons (Fsp3) is 0.346. The van der Waals surface area contributed by atoms with E-state index in [9.17, 15) is 4.79 Å². The molecule has 2 aromatic carbocycles. The molecule has 0 saturated heterocycles. The van der Waals surface area contributed by atoms with Gasteiger partial charge in [0.2, 0.25) is 11.9 Å². The number of likely N-dealkylation sites (N-methyl/N-ethyl adjacent to an activating group) is 1. The molecule has 1 amide bonds. The third-order valence-corrected chi connectivity index (χ3v) is 6.56. The largest absolute Gasteiger partial charge is 0.385 e. The number of hydrogen-bond donors (Lipinski definition) is 2. The van der Waals surface area contributed by atoms with Gasteiger partial charge >= 0.3 is 0 Å². The highest BCUT2D eigenvalue weighted by atomic mass is 16.2. The minimum absolute atomic E-state index is 0.105. The number of benzene rings is 2. The maximum atomic E-state index is 12.7. The molecule has 170 valence electrons. The fourth-order valence-corrected chi connectivity index (χ4v) is 4.99. The predicted octanol–water partition coefficient (Wildman–Crippen LogP) is 4.83. The van der Waals surface area contributed by atoms with Gasteiger partial charge in [0, 0.05) is 42.8 Å². The molecule has 7 heteroatoms. The number of hydrogen-bond acceptors (Lipinski definition) is 6. The maximum Gasteiger partial charge on any atom is 0.249 e. The molecular formula is C26H30N6O. The minimum atomic E-state index is -0.213. The molecule has 0 spiro atoms. The van der Waals surface area contributed by atoms with E-state index in [-0.39, 0.29) is 18.0 Å². The van der Waals surface area contributed by atoms with Gasteiger partial charge in [0.1, 0.15) is 6.04 Å². The highest BCUT2D eigenvalue weighted by Crippen LogP contribution is 2.39. The lowest BCUT2D eigenvalue weighted by Gasteiger charge is -2.42. The van der Waals surface area contributed by atoms with E-state index < -0.39 is 0 Å². The van der Waals surface area contributed by atoms with Gasteiger partial charge in [-0.05, 0) is 69.5 Å². The summed E-state index contributed by atoms with van der Waals surface area (Å²) in [5.41, 5.74) is 7.41. The zero-order valence-electron chi connectivity index (χ0n) is 19.6. The predicted molar refractivity (Wildman–Crippen MR) is 134 cm³/mol. The lowest BCUT2D eigenvalue weighted by Crippen LogP contribution is -2.53. The SMILES string of the molecule is CC(C)N1c2cc(Nc3nccc(-c4cccc5c4CCCN5)n3)ccc2N(C)C(=O)C1C. The Morgan fingerprint density at radius 1 is 1.15 bits per heavy atom. The van der Waals surface area contributed by atoms with E-state index in [4.69, 9.17) is 4.98 Å². The molecule has 1 unspecified atom stereocenters. The Labute approximate surface area is 194 Å². The molecule has 0 aliphatic carbocycles. The number of fused-ring (bicyclic) bond motifs is 2. The van der Waals surface area contributed by atoms with Gasteiger partial charge in [0.15, 0.2) is 0 Å². The van der Waals surface area contributed by atoms with Crippen molar-refractivity contribution in [1.29, 1.82) is 0 Å². The quantitative estimate of drug-likeness (QED) is 0.603. The van der Waals surface area contributed by atoms with Crippen LogP contribution in [0.25, 0.3) is 11.3 Å². The molecule has 1 aromatic heterocycles. The summed E-state index contributed by atoms with van der Waals surface area (Å²) < 4.78 is 0. The second-order valence-corrected chi connectivity index (χ2v) is 9.03. The van der Waals surface area contributed by atoms with Crippen LogP contribution < -0.4 is 20.4 Å². The number of nitrogens with one attached hydrogen (secondary N) is 2. The Morgan fingerprint density at radius 2 is 2.00 bits per heavy atom. The van der Waals surface area contributed by atoms with E-state index in [1.54, 1.807) is 11.1 Å². The summed E-state index contributed by atoms with van der Waals surface area (Å²) in [7, 11) is 1.84. The van der Waals surface area contributed by atoms with Gasteiger partial charge in [-0.15, -0.1) is 0 Å². The number of amides is 1. The van der Waals surface area contributed by atoms with Gasteiger partial charge in [-0.3, -0.25) is 4.79 Å². The van der Waals surface area contributed by atoms with E-state index in [0.29, 0.717) is 5.95 Å². The minimum Gasteiger partial charge on any atom is -0.385 e. The third-order valence-electron chi connectivity index (χ3n) is 6.56. The Bertz CT molecular complexity index is 1210. The van der Waals surface area contributed by atoms with Gasteiger partial charge < -0.3 is 20.4 Å². The smallest absolute Gasteiger partial charge is 0.249 e. The van der Waals surface area contributed by atoms with Gasteiger partial charge in [0.05, 0.1) is 17.1 Å².